The van der Waals surface area contributed by atoms with Crippen molar-refractivity contribution >= 4 is 17.5 Å². The molecule has 1 unspecified atom stereocenters. The molecule has 0 aliphatic carbocycles. The number of amides is 1. The molecule has 4 heteroatoms. The van der Waals surface area contributed by atoms with E-state index < -0.39 is 0 Å². The molecule has 1 fully saturated rings. The summed E-state index contributed by atoms with van der Waals surface area (Å²) >= 11 is 5.85. The molecule has 1 aliphatic heterocycles. The van der Waals surface area contributed by atoms with Crippen LogP contribution >= 0.6 is 11.6 Å². The predicted molar refractivity (Wildman–Crippen MR) is 54.9 cm³/mol. The lowest BCUT2D eigenvalue weighted by atomic mass is 10.0. The highest BCUT2D eigenvalue weighted by Gasteiger charge is 2.30. The monoisotopic (exact) mass is 210 g/mol. The summed E-state index contributed by atoms with van der Waals surface area (Å²) in [5, 5.41) is 3.49. The number of benzene rings is 1. The highest BCUT2D eigenvalue weighted by atomic mass is 35.5. The zero-order chi connectivity index (χ0) is 10.1. The second-order valence-corrected chi connectivity index (χ2v) is 3.90. The summed E-state index contributed by atoms with van der Waals surface area (Å²) in [7, 11) is 0. The van der Waals surface area contributed by atoms with Crippen LogP contribution in [0.25, 0.3) is 0 Å². The standard InChI is InChI=1S/C10H11ClN2O/c11-7-3-1-2-6(4-7)10-8(12)5-9(14)13-10/h1-4,8,10H,5,12H2,(H,13,14)/t8-,10?/m0/s1. The van der Waals surface area contributed by atoms with E-state index in [0.717, 1.165) is 5.56 Å². The van der Waals surface area contributed by atoms with Crippen molar-refractivity contribution in [1.29, 1.82) is 0 Å². The van der Waals surface area contributed by atoms with Gasteiger partial charge in [0.25, 0.3) is 0 Å². The maximum absolute atomic E-state index is 11.1. The number of hydrogen-bond acceptors (Lipinski definition) is 2. The summed E-state index contributed by atoms with van der Waals surface area (Å²) in [4.78, 5) is 11.1. The van der Waals surface area contributed by atoms with Crippen molar-refractivity contribution in [2.75, 3.05) is 0 Å². The Morgan fingerprint density at radius 2 is 2.29 bits per heavy atom. The minimum absolute atomic E-state index is 0.00229. The molecular formula is C10H11ClN2O. The van der Waals surface area contributed by atoms with Crippen molar-refractivity contribution in [1.82, 2.24) is 5.32 Å². The topological polar surface area (TPSA) is 55.1 Å². The Balaban J connectivity index is 2.27. The number of carbonyl (C=O) groups is 1. The fourth-order valence-electron chi connectivity index (χ4n) is 1.70. The zero-order valence-corrected chi connectivity index (χ0v) is 8.29. The van der Waals surface area contributed by atoms with E-state index >= 15 is 0 Å². The van der Waals surface area contributed by atoms with E-state index in [-0.39, 0.29) is 18.0 Å². The summed E-state index contributed by atoms with van der Waals surface area (Å²) in [5.74, 6) is 0.00229. The van der Waals surface area contributed by atoms with Crippen molar-refractivity contribution < 1.29 is 4.79 Å². The molecule has 1 aromatic carbocycles. The number of hydrogen-bond donors (Lipinski definition) is 2. The summed E-state index contributed by atoms with van der Waals surface area (Å²) in [6.07, 6.45) is 0.386. The fraction of sp³-hybridized carbons (Fsp3) is 0.300. The number of carbonyl (C=O) groups excluding carboxylic acids is 1. The Hall–Kier alpha value is -1.06. The van der Waals surface area contributed by atoms with Gasteiger partial charge in [0, 0.05) is 17.5 Å². The fourth-order valence-corrected chi connectivity index (χ4v) is 1.90. The first-order valence-electron chi connectivity index (χ1n) is 4.47. The van der Waals surface area contributed by atoms with Gasteiger partial charge in [0.15, 0.2) is 0 Å². The first kappa shape index (κ1) is 9.49. The van der Waals surface area contributed by atoms with E-state index in [2.05, 4.69) is 5.32 Å². The molecule has 1 amide bonds. The summed E-state index contributed by atoms with van der Waals surface area (Å²) < 4.78 is 0. The molecule has 3 nitrogen and oxygen atoms in total. The van der Waals surface area contributed by atoms with Crippen molar-refractivity contribution in [3.05, 3.63) is 34.9 Å². The molecular weight excluding hydrogens is 200 g/mol. The minimum Gasteiger partial charge on any atom is -0.348 e. The molecule has 2 atom stereocenters. The van der Waals surface area contributed by atoms with Crippen LogP contribution in [0.2, 0.25) is 5.02 Å². The Kier molecular flexibility index (Phi) is 2.44. The maximum atomic E-state index is 11.1. The molecule has 14 heavy (non-hydrogen) atoms. The Morgan fingerprint density at radius 1 is 1.50 bits per heavy atom. The molecule has 1 heterocycles. The first-order chi connectivity index (χ1) is 6.66. The smallest absolute Gasteiger partial charge is 0.222 e. The van der Waals surface area contributed by atoms with E-state index in [4.69, 9.17) is 17.3 Å². The van der Waals surface area contributed by atoms with Gasteiger partial charge in [-0.05, 0) is 17.7 Å². The third kappa shape index (κ3) is 1.74. The highest BCUT2D eigenvalue weighted by molar-refractivity contribution is 6.30. The minimum atomic E-state index is -0.152. The van der Waals surface area contributed by atoms with Gasteiger partial charge in [-0.3, -0.25) is 4.79 Å². The van der Waals surface area contributed by atoms with Gasteiger partial charge in [0.2, 0.25) is 5.91 Å². The molecule has 1 aliphatic rings. The van der Waals surface area contributed by atoms with E-state index in [1.54, 1.807) is 6.07 Å². The second kappa shape index (κ2) is 3.59. The van der Waals surface area contributed by atoms with Gasteiger partial charge >= 0.3 is 0 Å². The lowest BCUT2D eigenvalue weighted by molar-refractivity contribution is -0.119. The van der Waals surface area contributed by atoms with Gasteiger partial charge in [-0.15, -0.1) is 0 Å². The van der Waals surface area contributed by atoms with Crippen LogP contribution in [-0.2, 0) is 4.79 Å². The van der Waals surface area contributed by atoms with Gasteiger partial charge in [-0.1, -0.05) is 23.7 Å². The van der Waals surface area contributed by atoms with Crippen LogP contribution in [0.5, 0.6) is 0 Å². The van der Waals surface area contributed by atoms with Crippen molar-refractivity contribution in [3.8, 4) is 0 Å². The molecule has 0 saturated carbocycles. The van der Waals surface area contributed by atoms with E-state index in [1.807, 2.05) is 18.2 Å². The second-order valence-electron chi connectivity index (χ2n) is 3.47. The van der Waals surface area contributed by atoms with Crippen molar-refractivity contribution in [2.45, 2.75) is 18.5 Å². The first-order valence-corrected chi connectivity index (χ1v) is 4.85. The summed E-state index contributed by atoms with van der Waals surface area (Å²) in [6.45, 7) is 0. The number of rotatable bonds is 1. The van der Waals surface area contributed by atoms with Crippen LogP contribution in [0.4, 0.5) is 0 Å². The van der Waals surface area contributed by atoms with E-state index in [9.17, 15) is 4.79 Å². The van der Waals surface area contributed by atoms with Crippen LogP contribution in [0.1, 0.15) is 18.0 Å². The van der Waals surface area contributed by atoms with Gasteiger partial charge in [-0.25, -0.2) is 0 Å². The molecule has 0 bridgehead atoms. The zero-order valence-electron chi connectivity index (χ0n) is 7.53. The molecule has 0 aromatic heterocycles. The van der Waals surface area contributed by atoms with Crippen LogP contribution in [-0.4, -0.2) is 11.9 Å². The predicted octanol–water partition coefficient (Wildman–Crippen LogP) is 1.23. The third-order valence-corrected chi connectivity index (χ3v) is 2.61. The molecule has 0 radical (unpaired) electrons. The Labute approximate surface area is 87.2 Å². The Bertz CT molecular complexity index is 367. The van der Waals surface area contributed by atoms with Crippen molar-refractivity contribution in [3.63, 3.8) is 0 Å². The Morgan fingerprint density at radius 3 is 2.86 bits per heavy atom. The lowest BCUT2D eigenvalue weighted by Crippen LogP contribution is -2.28. The molecule has 3 N–H and O–H groups in total. The number of nitrogens with one attached hydrogen (secondary N) is 1. The van der Waals surface area contributed by atoms with Crippen LogP contribution in [0.15, 0.2) is 24.3 Å². The van der Waals surface area contributed by atoms with Gasteiger partial charge in [0.05, 0.1) is 6.04 Å². The maximum Gasteiger partial charge on any atom is 0.222 e. The van der Waals surface area contributed by atoms with Gasteiger partial charge in [0.1, 0.15) is 0 Å². The summed E-state index contributed by atoms with van der Waals surface area (Å²) in [5.41, 5.74) is 6.79. The number of nitrogens with two attached hydrogens (primary N) is 1. The van der Waals surface area contributed by atoms with Gasteiger partial charge in [-0.2, -0.15) is 0 Å². The SMILES string of the molecule is N[C@H]1CC(=O)NC1c1cccc(Cl)c1. The average Bonchev–Trinajstić information content (AvgIpc) is 2.45. The quantitative estimate of drug-likeness (QED) is 0.733. The summed E-state index contributed by atoms with van der Waals surface area (Å²) in [6, 6.07) is 7.16. The number of halogens is 1. The largest absolute Gasteiger partial charge is 0.348 e. The molecule has 1 aromatic rings. The van der Waals surface area contributed by atoms with Crippen molar-refractivity contribution in [2.24, 2.45) is 5.73 Å². The lowest BCUT2D eigenvalue weighted by Gasteiger charge is -2.15. The van der Waals surface area contributed by atoms with Crippen LogP contribution in [0.3, 0.4) is 0 Å². The van der Waals surface area contributed by atoms with Crippen LogP contribution < -0.4 is 11.1 Å². The van der Waals surface area contributed by atoms with Gasteiger partial charge < -0.3 is 11.1 Å². The third-order valence-electron chi connectivity index (χ3n) is 2.37. The average molecular weight is 211 g/mol. The molecule has 0 spiro atoms. The van der Waals surface area contributed by atoms with Crippen LogP contribution in [0, 0.1) is 0 Å². The van der Waals surface area contributed by atoms with E-state index in [0.29, 0.717) is 11.4 Å². The normalized spacial score (nSPS) is 26.3. The molecule has 74 valence electrons. The molecule has 1 saturated heterocycles. The highest BCUT2D eigenvalue weighted by Crippen LogP contribution is 2.24. The van der Waals surface area contributed by atoms with E-state index in [1.165, 1.54) is 0 Å². The molecule has 2 rings (SSSR count).